The average Bonchev–Trinajstić information content (AvgIpc) is 2.47. The molecule has 0 aliphatic heterocycles. The van der Waals surface area contributed by atoms with Crippen molar-refractivity contribution < 1.29 is 4.79 Å². The summed E-state index contributed by atoms with van der Waals surface area (Å²) in [6, 6.07) is 0. The summed E-state index contributed by atoms with van der Waals surface area (Å²) in [5.74, 6) is -0.234. The molecule has 12 heavy (non-hydrogen) atoms. The number of amides is 1. The summed E-state index contributed by atoms with van der Waals surface area (Å²) >= 11 is 1.07. The number of hydrogen-bond acceptors (Lipinski definition) is 4. The van der Waals surface area contributed by atoms with E-state index in [2.05, 4.69) is 10.3 Å². The number of aromatic nitrogens is 1. The molecule has 0 aliphatic carbocycles. The first-order valence-electron chi connectivity index (χ1n) is 3.36. The van der Waals surface area contributed by atoms with Crippen LogP contribution in [0.25, 0.3) is 0 Å². The van der Waals surface area contributed by atoms with Crippen LogP contribution in [0.3, 0.4) is 0 Å². The van der Waals surface area contributed by atoms with Gasteiger partial charge in [-0.3, -0.25) is 9.59 Å². The Balaban J connectivity index is 2.43. The Bertz CT molecular complexity index is 317. The predicted octanol–water partition coefficient (Wildman–Crippen LogP) is -0.989. The molecule has 1 rings (SSSR count). The molecular weight excluding hydrogens is 178 g/mol. The summed E-state index contributed by atoms with van der Waals surface area (Å²) in [7, 11) is 0. The number of hydrogen-bond donors (Lipinski definition) is 3. The molecule has 5 nitrogen and oxygen atoms in total. The topological polar surface area (TPSA) is 88.0 Å². The minimum absolute atomic E-state index is 0.0334. The van der Waals surface area contributed by atoms with Crippen molar-refractivity contribution in [1.82, 2.24) is 10.3 Å². The average molecular weight is 187 g/mol. The van der Waals surface area contributed by atoms with Crippen LogP contribution in [0.15, 0.2) is 10.2 Å². The van der Waals surface area contributed by atoms with Gasteiger partial charge in [-0.1, -0.05) is 11.3 Å². The van der Waals surface area contributed by atoms with Crippen LogP contribution in [-0.4, -0.2) is 17.4 Å². The van der Waals surface area contributed by atoms with Gasteiger partial charge in [0.1, 0.15) is 0 Å². The van der Waals surface area contributed by atoms with Gasteiger partial charge in [0.05, 0.1) is 13.1 Å². The summed E-state index contributed by atoms with van der Waals surface area (Å²) in [5.41, 5.74) is 5.76. The van der Waals surface area contributed by atoms with Crippen LogP contribution < -0.4 is 15.9 Å². The van der Waals surface area contributed by atoms with Gasteiger partial charge < -0.3 is 16.0 Å². The van der Waals surface area contributed by atoms with Gasteiger partial charge in [-0.25, -0.2) is 0 Å². The zero-order valence-electron chi connectivity index (χ0n) is 6.29. The maximum absolute atomic E-state index is 10.7. The van der Waals surface area contributed by atoms with Gasteiger partial charge in [0.2, 0.25) is 5.91 Å². The molecule has 0 radical (unpaired) electrons. The molecule has 0 aromatic carbocycles. The highest BCUT2D eigenvalue weighted by atomic mass is 32.1. The van der Waals surface area contributed by atoms with Crippen molar-refractivity contribution in [2.45, 2.75) is 6.54 Å². The smallest absolute Gasteiger partial charge is 0.304 e. The Kier molecular flexibility index (Phi) is 3.01. The number of nitrogens with two attached hydrogens (primary N) is 1. The fourth-order valence-corrected chi connectivity index (χ4v) is 1.25. The number of H-pyrrole nitrogens is 1. The van der Waals surface area contributed by atoms with Crippen LogP contribution in [0.2, 0.25) is 0 Å². The van der Waals surface area contributed by atoms with E-state index in [-0.39, 0.29) is 17.3 Å². The molecular formula is C6H9N3O2S. The zero-order chi connectivity index (χ0) is 8.97. The summed E-state index contributed by atoms with van der Waals surface area (Å²) < 4.78 is 0. The van der Waals surface area contributed by atoms with Crippen LogP contribution in [0, 0.1) is 0 Å². The van der Waals surface area contributed by atoms with E-state index >= 15 is 0 Å². The van der Waals surface area contributed by atoms with Crippen LogP contribution in [0.5, 0.6) is 0 Å². The number of aromatic amines is 1. The van der Waals surface area contributed by atoms with Crippen molar-refractivity contribution in [3.63, 3.8) is 0 Å². The predicted molar refractivity (Wildman–Crippen MR) is 45.8 cm³/mol. The molecule has 6 heteroatoms. The third-order valence-corrected chi connectivity index (χ3v) is 1.95. The monoisotopic (exact) mass is 187 g/mol. The Morgan fingerprint density at radius 1 is 1.75 bits per heavy atom. The highest BCUT2D eigenvalue weighted by Gasteiger charge is 1.98. The van der Waals surface area contributed by atoms with Gasteiger partial charge in [0.15, 0.2) is 0 Å². The van der Waals surface area contributed by atoms with Crippen molar-refractivity contribution in [1.29, 1.82) is 0 Å². The van der Waals surface area contributed by atoms with Crippen molar-refractivity contribution in [3.05, 3.63) is 20.7 Å². The van der Waals surface area contributed by atoms with Gasteiger partial charge in [0, 0.05) is 11.1 Å². The minimum Gasteiger partial charge on any atom is -0.349 e. The second kappa shape index (κ2) is 4.03. The fraction of sp³-hybridized carbons (Fsp3) is 0.333. The molecule has 66 valence electrons. The van der Waals surface area contributed by atoms with Crippen LogP contribution in [0.4, 0.5) is 0 Å². The second-order valence-corrected chi connectivity index (χ2v) is 3.00. The molecule has 4 N–H and O–H groups in total. The first-order valence-corrected chi connectivity index (χ1v) is 4.24. The molecule has 1 heterocycles. The van der Waals surface area contributed by atoms with Crippen molar-refractivity contribution in [2.75, 3.05) is 6.54 Å². The molecule has 1 aromatic rings. The Morgan fingerprint density at radius 2 is 2.50 bits per heavy atom. The number of nitrogens with one attached hydrogen (secondary N) is 2. The molecule has 0 spiro atoms. The zero-order valence-corrected chi connectivity index (χ0v) is 7.11. The van der Waals surface area contributed by atoms with Gasteiger partial charge >= 0.3 is 4.87 Å². The van der Waals surface area contributed by atoms with Crippen LogP contribution >= 0.6 is 11.3 Å². The summed E-state index contributed by atoms with van der Waals surface area (Å²) in [5, 5.41) is 4.20. The molecule has 0 atom stereocenters. The van der Waals surface area contributed by atoms with Crippen molar-refractivity contribution in [2.24, 2.45) is 5.73 Å². The fourth-order valence-electron chi connectivity index (χ4n) is 0.667. The lowest BCUT2D eigenvalue weighted by Crippen LogP contribution is -2.29. The summed E-state index contributed by atoms with van der Waals surface area (Å²) in [6.07, 6.45) is 0. The molecule has 0 aliphatic rings. The number of thiazole rings is 1. The quantitative estimate of drug-likeness (QED) is 0.567. The lowest BCUT2D eigenvalue weighted by Gasteiger charge is -1.98. The lowest BCUT2D eigenvalue weighted by molar-refractivity contribution is -0.119. The van der Waals surface area contributed by atoms with E-state index in [1.165, 1.54) is 0 Å². The van der Waals surface area contributed by atoms with E-state index in [4.69, 9.17) is 5.73 Å². The molecule has 0 fully saturated rings. The van der Waals surface area contributed by atoms with E-state index < -0.39 is 0 Å². The maximum Gasteiger partial charge on any atom is 0.304 e. The van der Waals surface area contributed by atoms with E-state index in [1.807, 2.05) is 0 Å². The van der Waals surface area contributed by atoms with E-state index in [0.717, 1.165) is 11.3 Å². The Morgan fingerprint density at radius 3 is 3.00 bits per heavy atom. The van der Waals surface area contributed by atoms with Crippen molar-refractivity contribution in [3.8, 4) is 0 Å². The van der Waals surface area contributed by atoms with Crippen molar-refractivity contribution >= 4 is 17.2 Å². The van der Waals surface area contributed by atoms with Gasteiger partial charge in [0.25, 0.3) is 0 Å². The highest BCUT2D eigenvalue weighted by molar-refractivity contribution is 7.07. The standard InChI is InChI=1S/C6H9N3O2S/c7-1-5(10)8-2-4-3-12-6(11)9-4/h3H,1-2,7H2,(H,8,10)(H,9,11). The summed E-state index contributed by atoms with van der Waals surface area (Å²) in [4.78, 5) is 23.7. The second-order valence-electron chi connectivity index (χ2n) is 2.15. The first kappa shape index (κ1) is 8.95. The highest BCUT2D eigenvalue weighted by Crippen LogP contribution is 1.93. The third-order valence-electron chi connectivity index (χ3n) is 1.23. The SMILES string of the molecule is NCC(=O)NCc1csc(=O)[nH]1. The van der Waals surface area contributed by atoms with Gasteiger partial charge in [-0.05, 0) is 0 Å². The molecule has 0 saturated carbocycles. The minimum atomic E-state index is -0.234. The van der Waals surface area contributed by atoms with Gasteiger partial charge in [-0.15, -0.1) is 0 Å². The van der Waals surface area contributed by atoms with E-state index in [1.54, 1.807) is 5.38 Å². The van der Waals surface area contributed by atoms with E-state index in [9.17, 15) is 9.59 Å². The Labute approximate surface area is 72.6 Å². The lowest BCUT2D eigenvalue weighted by atomic mass is 10.4. The number of carbonyl (C=O) groups is 1. The Hall–Kier alpha value is -1.14. The van der Waals surface area contributed by atoms with Crippen LogP contribution in [-0.2, 0) is 11.3 Å². The molecule has 0 saturated heterocycles. The largest absolute Gasteiger partial charge is 0.349 e. The molecule has 0 unspecified atom stereocenters. The molecule has 1 aromatic heterocycles. The summed E-state index contributed by atoms with van der Waals surface area (Å²) in [6.45, 7) is 0.295. The van der Waals surface area contributed by atoms with Gasteiger partial charge in [-0.2, -0.15) is 0 Å². The third kappa shape index (κ3) is 2.48. The number of rotatable bonds is 3. The molecule has 0 bridgehead atoms. The number of carbonyl (C=O) groups excluding carboxylic acids is 1. The normalized spacial score (nSPS) is 9.75. The molecule has 1 amide bonds. The van der Waals surface area contributed by atoms with Crippen LogP contribution in [0.1, 0.15) is 5.69 Å². The van der Waals surface area contributed by atoms with E-state index in [0.29, 0.717) is 12.2 Å². The first-order chi connectivity index (χ1) is 5.72. The maximum atomic E-state index is 10.7.